The largest absolute Gasteiger partial charge is 0.378 e. The number of nitrogens with one attached hydrogen (secondary N) is 3. The summed E-state index contributed by atoms with van der Waals surface area (Å²) < 4.78 is 19.7. The van der Waals surface area contributed by atoms with Crippen LogP contribution < -0.4 is 25.8 Å². The number of carbonyl (C=O) groups is 2. The number of ether oxygens (including phenoxy) is 1. The molecule has 1 aliphatic rings. The quantitative estimate of drug-likeness (QED) is 0.163. The molecule has 42 heavy (non-hydrogen) atoms. The number of benzene rings is 3. The average Bonchev–Trinajstić information content (AvgIpc) is 2.98. The van der Waals surface area contributed by atoms with Gasteiger partial charge in [-0.3, -0.25) is 19.7 Å². The maximum atomic E-state index is 14.4. The highest BCUT2D eigenvalue weighted by molar-refractivity contribution is 6.34. The van der Waals surface area contributed by atoms with Gasteiger partial charge in [-0.1, -0.05) is 11.6 Å². The van der Waals surface area contributed by atoms with Crippen molar-refractivity contribution in [1.82, 2.24) is 5.32 Å². The number of nitro groups is 1. The molecule has 0 saturated carbocycles. The molecule has 1 aliphatic heterocycles. The molecule has 1 fully saturated rings. The molecule has 0 radical (unpaired) electrons. The van der Waals surface area contributed by atoms with Crippen LogP contribution in [-0.2, 0) is 4.74 Å². The minimum absolute atomic E-state index is 0.0876. The van der Waals surface area contributed by atoms with Gasteiger partial charge in [-0.2, -0.15) is 0 Å². The van der Waals surface area contributed by atoms with Crippen molar-refractivity contribution in [3.05, 3.63) is 86.7 Å². The smallest absolute Gasteiger partial charge is 0.282 e. The second-order valence-electron chi connectivity index (χ2n) is 9.74. The van der Waals surface area contributed by atoms with Crippen LogP contribution in [0.1, 0.15) is 27.1 Å². The lowest BCUT2D eigenvalue weighted by molar-refractivity contribution is -0.385. The first-order valence-electron chi connectivity index (χ1n) is 13.4. The maximum absolute atomic E-state index is 14.4. The number of nitro benzene ring substituents is 1. The Morgan fingerprint density at radius 3 is 2.55 bits per heavy atom. The normalized spacial score (nSPS) is 13.0. The van der Waals surface area contributed by atoms with Crippen molar-refractivity contribution in [1.29, 1.82) is 0 Å². The van der Waals surface area contributed by atoms with E-state index < -0.39 is 22.6 Å². The molecule has 0 spiro atoms. The third kappa shape index (κ3) is 7.72. The first-order chi connectivity index (χ1) is 20.2. The number of rotatable bonds is 11. The van der Waals surface area contributed by atoms with E-state index in [2.05, 4.69) is 16.0 Å². The molecule has 3 aromatic carbocycles. The summed E-state index contributed by atoms with van der Waals surface area (Å²) in [7, 11) is 3.68. The number of morpholine rings is 1. The van der Waals surface area contributed by atoms with E-state index in [-0.39, 0.29) is 33.2 Å². The highest BCUT2D eigenvalue weighted by atomic mass is 35.5. The van der Waals surface area contributed by atoms with E-state index in [1.165, 1.54) is 42.5 Å². The van der Waals surface area contributed by atoms with Crippen molar-refractivity contribution < 1.29 is 23.6 Å². The standard InChI is InChI=1S/C29H32ClFN6O5/c1-32-8-3-9-35(2)22-5-7-27(37(40)41)24(18-22)29(39)34-26-14-19(4-6-25(26)30)28(38)33-21-15-20(31)16-23(17-21)36-10-12-42-13-11-36/h4-7,14-18,32H,3,8-13H2,1-2H3,(H,33,38)(H,34,39). The second-order valence-corrected chi connectivity index (χ2v) is 10.1. The van der Waals surface area contributed by atoms with Crippen LogP contribution >= 0.6 is 11.6 Å². The number of amides is 2. The fraction of sp³-hybridized carbons (Fsp3) is 0.310. The van der Waals surface area contributed by atoms with Crippen LogP contribution in [-0.4, -0.2) is 70.2 Å². The average molecular weight is 599 g/mol. The fourth-order valence-electron chi connectivity index (χ4n) is 4.53. The van der Waals surface area contributed by atoms with Crippen LogP contribution in [0.15, 0.2) is 54.6 Å². The summed E-state index contributed by atoms with van der Waals surface area (Å²) in [5.74, 6) is -1.82. The Balaban J connectivity index is 1.53. The number of carbonyl (C=O) groups excluding carboxylic acids is 2. The summed E-state index contributed by atoms with van der Waals surface area (Å²) in [6.07, 6.45) is 0.833. The van der Waals surface area contributed by atoms with Gasteiger partial charge >= 0.3 is 0 Å². The Morgan fingerprint density at radius 1 is 1.07 bits per heavy atom. The van der Waals surface area contributed by atoms with Gasteiger partial charge in [0.25, 0.3) is 17.5 Å². The van der Waals surface area contributed by atoms with Crippen molar-refractivity contribution in [2.45, 2.75) is 6.42 Å². The summed E-state index contributed by atoms with van der Waals surface area (Å²) in [5, 5.41) is 20.2. The molecule has 11 nitrogen and oxygen atoms in total. The zero-order chi connectivity index (χ0) is 30.2. The van der Waals surface area contributed by atoms with Crippen LogP contribution in [0.2, 0.25) is 5.02 Å². The first kappa shape index (κ1) is 30.7. The van der Waals surface area contributed by atoms with Gasteiger partial charge < -0.3 is 30.5 Å². The van der Waals surface area contributed by atoms with Gasteiger partial charge in [-0.25, -0.2) is 4.39 Å². The van der Waals surface area contributed by atoms with E-state index in [0.29, 0.717) is 44.2 Å². The SMILES string of the molecule is CNCCCN(C)c1ccc([N+](=O)[O-])c(C(=O)Nc2cc(C(=O)Nc3cc(F)cc(N4CCOCC4)c3)ccc2Cl)c1. The van der Waals surface area contributed by atoms with E-state index >= 15 is 0 Å². The number of hydrogen-bond acceptors (Lipinski definition) is 8. The van der Waals surface area contributed by atoms with Gasteiger partial charge in [-0.05, 0) is 68.5 Å². The highest BCUT2D eigenvalue weighted by Gasteiger charge is 2.23. The Kier molecular flexibility index (Phi) is 10.3. The molecular formula is C29H32ClFN6O5. The molecule has 13 heteroatoms. The predicted molar refractivity (Wildman–Crippen MR) is 162 cm³/mol. The molecule has 3 aromatic rings. The molecular weight excluding hydrogens is 567 g/mol. The zero-order valence-corrected chi connectivity index (χ0v) is 24.0. The Hall–Kier alpha value is -4.26. The monoisotopic (exact) mass is 598 g/mol. The molecule has 222 valence electrons. The molecule has 3 N–H and O–H groups in total. The number of hydrogen-bond donors (Lipinski definition) is 3. The van der Waals surface area contributed by atoms with Crippen LogP contribution in [0.4, 0.5) is 32.8 Å². The third-order valence-corrected chi connectivity index (χ3v) is 7.11. The van der Waals surface area contributed by atoms with E-state index in [1.807, 2.05) is 23.9 Å². The van der Waals surface area contributed by atoms with Crippen LogP contribution in [0.25, 0.3) is 0 Å². The molecule has 0 unspecified atom stereocenters. The molecule has 0 atom stereocenters. The summed E-state index contributed by atoms with van der Waals surface area (Å²) in [6.45, 7) is 3.72. The van der Waals surface area contributed by atoms with Crippen molar-refractivity contribution >= 4 is 51.9 Å². The molecule has 0 aliphatic carbocycles. The van der Waals surface area contributed by atoms with Gasteiger partial charge in [0.05, 0.1) is 28.8 Å². The second kappa shape index (κ2) is 14.1. The Labute approximate surface area is 247 Å². The van der Waals surface area contributed by atoms with Gasteiger partial charge in [0.2, 0.25) is 0 Å². The summed E-state index contributed by atoms with van der Waals surface area (Å²) in [4.78, 5) is 41.3. The molecule has 2 amide bonds. The van der Waals surface area contributed by atoms with Gasteiger partial charge in [0.1, 0.15) is 11.4 Å². The lowest BCUT2D eigenvalue weighted by Gasteiger charge is -2.29. The molecule has 1 heterocycles. The van der Waals surface area contributed by atoms with E-state index in [9.17, 15) is 24.1 Å². The van der Waals surface area contributed by atoms with Crippen molar-refractivity contribution in [2.75, 3.05) is 73.9 Å². The van der Waals surface area contributed by atoms with Gasteiger partial charge in [0.15, 0.2) is 0 Å². The topological polar surface area (TPSA) is 129 Å². The number of halogens is 2. The van der Waals surface area contributed by atoms with Crippen molar-refractivity contribution in [3.8, 4) is 0 Å². The van der Waals surface area contributed by atoms with E-state index in [4.69, 9.17) is 16.3 Å². The maximum Gasteiger partial charge on any atom is 0.282 e. The fourth-order valence-corrected chi connectivity index (χ4v) is 4.70. The summed E-state index contributed by atoms with van der Waals surface area (Å²) in [5.41, 5.74) is 1.21. The lowest BCUT2D eigenvalue weighted by Crippen LogP contribution is -2.36. The minimum atomic E-state index is -0.757. The van der Waals surface area contributed by atoms with Crippen LogP contribution in [0.5, 0.6) is 0 Å². The zero-order valence-electron chi connectivity index (χ0n) is 23.3. The van der Waals surface area contributed by atoms with Crippen molar-refractivity contribution in [3.63, 3.8) is 0 Å². The minimum Gasteiger partial charge on any atom is -0.378 e. The lowest BCUT2D eigenvalue weighted by atomic mass is 10.1. The Bertz CT molecular complexity index is 1470. The molecule has 4 rings (SSSR count). The summed E-state index contributed by atoms with van der Waals surface area (Å²) in [6, 6.07) is 12.8. The molecule has 0 bridgehead atoms. The molecule has 1 saturated heterocycles. The predicted octanol–water partition coefficient (Wildman–Crippen LogP) is 4.77. The van der Waals surface area contributed by atoms with E-state index in [1.54, 1.807) is 12.1 Å². The summed E-state index contributed by atoms with van der Waals surface area (Å²) >= 11 is 6.32. The number of anilines is 4. The third-order valence-electron chi connectivity index (χ3n) is 6.78. The van der Waals surface area contributed by atoms with Crippen LogP contribution in [0.3, 0.4) is 0 Å². The van der Waals surface area contributed by atoms with Crippen LogP contribution in [0, 0.1) is 15.9 Å². The van der Waals surface area contributed by atoms with Gasteiger partial charge in [-0.15, -0.1) is 0 Å². The van der Waals surface area contributed by atoms with Crippen molar-refractivity contribution in [2.24, 2.45) is 0 Å². The first-order valence-corrected chi connectivity index (χ1v) is 13.7. The van der Waals surface area contributed by atoms with E-state index in [0.717, 1.165) is 13.0 Å². The molecule has 0 aromatic heterocycles. The number of nitrogens with zero attached hydrogens (tertiary/aromatic N) is 3. The highest BCUT2D eigenvalue weighted by Crippen LogP contribution is 2.29. The van der Waals surface area contributed by atoms with Gasteiger partial charge in [0, 0.05) is 55.4 Å². The Morgan fingerprint density at radius 2 is 1.83 bits per heavy atom.